The van der Waals surface area contributed by atoms with Crippen LogP contribution >= 0.6 is 23.2 Å². The third kappa shape index (κ3) is 6.97. The zero-order valence-corrected chi connectivity index (χ0v) is 26.2. The highest BCUT2D eigenvalue weighted by molar-refractivity contribution is 6.33. The third-order valence-electron chi connectivity index (χ3n) is 7.83. The van der Waals surface area contributed by atoms with Crippen molar-refractivity contribution in [3.63, 3.8) is 0 Å². The molecule has 4 aromatic rings. The molecule has 0 bridgehead atoms. The summed E-state index contributed by atoms with van der Waals surface area (Å²) in [7, 11) is 1.44. The number of rotatable bonds is 12. The van der Waals surface area contributed by atoms with Crippen molar-refractivity contribution in [3.8, 4) is 17.2 Å². The topological polar surface area (TPSA) is 92.0 Å². The van der Waals surface area contributed by atoms with Crippen LogP contribution in [0.15, 0.2) is 58.1 Å². The quantitative estimate of drug-likeness (QED) is 0.178. The number of carbonyl (C=O) groups excluding carboxylic acids is 1. The normalized spacial score (nSPS) is 13.8. The van der Waals surface area contributed by atoms with Crippen molar-refractivity contribution in [2.45, 2.75) is 38.1 Å². The van der Waals surface area contributed by atoms with E-state index in [0.717, 1.165) is 23.1 Å². The largest absolute Gasteiger partial charge is 0.493 e. The molecule has 1 saturated heterocycles. The molecule has 1 aromatic heterocycles. The van der Waals surface area contributed by atoms with Crippen LogP contribution in [0.2, 0.25) is 10.0 Å². The van der Waals surface area contributed by atoms with E-state index in [4.69, 9.17) is 37.4 Å². The monoisotopic (exact) mass is 679 g/mol. The van der Waals surface area contributed by atoms with Crippen molar-refractivity contribution in [2.75, 3.05) is 33.5 Å². The van der Waals surface area contributed by atoms with Crippen LogP contribution in [0.3, 0.4) is 0 Å². The molecule has 3 aromatic carbocycles. The van der Waals surface area contributed by atoms with Gasteiger partial charge in [-0.2, -0.15) is 0 Å². The Morgan fingerprint density at radius 1 is 0.978 bits per heavy atom. The van der Waals surface area contributed by atoms with Gasteiger partial charge in [-0.1, -0.05) is 29.3 Å². The second kappa shape index (κ2) is 14.5. The molecule has 46 heavy (non-hydrogen) atoms. The van der Waals surface area contributed by atoms with Crippen molar-refractivity contribution in [3.05, 3.63) is 96.4 Å². The van der Waals surface area contributed by atoms with E-state index >= 15 is 4.39 Å². The molecule has 1 aliphatic rings. The number of halogens is 5. The van der Waals surface area contributed by atoms with Crippen molar-refractivity contribution in [1.82, 2.24) is 14.0 Å². The minimum atomic E-state index is -1.56. The number of aromatic nitrogens is 2. The van der Waals surface area contributed by atoms with Gasteiger partial charge in [-0.3, -0.25) is 18.7 Å². The van der Waals surface area contributed by atoms with Crippen LogP contribution in [0.1, 0.15) is 30.0 Å². The van der Waals surface area contributed by atoms with E-state index in [1.165, 1.54) is 11.7 Å². The lowest BCUT2D eigenvalue weighted by molar-refractivity contribution is -0.119. The fourth-order valence-electron chi connectivity index (χ4n) is 5.42. The Balaban J connectivity index is 1.55. The number of amides is 1. The van der Waals surface area contributed by atoms with Gasteiger partial charge in [-0.05, 0) is 54.8 Å². The summed E-state index contributed by atoms with van der Waals surface area (Å²) in [4.78, 5) is 40.6. The molecule has 244 valence electrons. The number of alkyl halides is 2. The van der Waals surface area contributed by atoms with E-state index in [1.54, 1.807) is 41.3 Å². The third-order valence-corrected chi connectivity index (χ3v) is 8.44. The number of benzene rings is 3. The van der Waals surface area contributed by atoms with Gasteiger partial charge in [0.1, 0.15) is 20.0 Å². The van der Waals surface area contributed by atoms with E-state index < -0.39 is 48.3 Å². The summed E-state index contributed by atoms with van der Waals surface area (Å²) in [5, 5.41) is 0.898. The van der Waals surface area contributed by atoms with E-state index in [0.29, 0.717) is 58.6 Å². The Bertz CT molecular complexity index is 1860. The maximum Gasteiger partial charge on any atom is 0.332 e. The number of fused-ring (bicyclic) bond motifs is 1. The van der Waals surface area contributed by atoms with Gasteiger partial charge >= 0.3 is 5.69 Å². The number of ether oxygens (including phenoxy) is 3. The second-order valence-corrected chi connectivity index (χ2v) is 11.6. The molecule has 1 amide bonds. The standard InChI is InChI=1S/C32H30Cl2F3N3O6/c1-44-30-10-19(2-5-28(30)45-17-20-11-21(33)3-4-25(20)34)16-39-31(42)24-12-29(46-23(14-35)15-36)26(37)13-27(24)40(32(39)43)22-6-8-38(18-41)9-7-22/h2-5,10-13,18,22-23H,6-9,14-17H2,1H3. The average Bonchev–Trinajstić information content (AvgIpc) is 3.07. The molecule has 0 unspecified atom stereocenters. The van der Waals surface area contributed by atoms with Crippen molar-refractivity contribution in [1.29, 1.82) is 0 Å². The van der Waals surface area contributed by atoms with Gasteiger partial charge in [-0.15, -0.1) is 0 Å². The summed E-state index contributed by atoms with van der Waals surface area (Å²) in [6.45, 7) is -1.79. The molecule has 0 spiro atoms. The smallest absolute Gasteiger partial charge is 0.332 e. The lowest BCUT2D eigenvalue weighted by Gasteiger charge is -2.31. The van der Waals surface area contributed by atoms with E-state index in [1.807, 2.05) is 0 Å². The van der Waals surface area contributed by atoms with Crippen LogP contribution in [0.4, 0.5) is 13.2 Å². The highest BCUT2D eigenvalue weighted by atomic mass is 35.5. The second-order valence-electron chi connectivity index (χ2n) is 10.8. The van der Waals surface area contributed by atoms with Crippen LogP contribution in [-0.2, 0) is 17.9 Å². The molecule has 1 aliphatic heterocycles. The molecule has 1 fully saturated rings. The number of methoxy groups -OCH3 is 1. The van der Waals surface area contributed by atoms with Crippen LogP contribution in [-0.4, -0.2) is 60.1 Å². The van der Waals surface area contributed by atoms with Crippen LogP contribution < -0.4 is 25.5 Å². The number of hydrogen-bond acceptors (Lipinski definition) is 6. The Morgan fingerprint density at radius 2 is 1.72 bits per heavy atom. The number of piperidine rings is 1. The predicted octanol–water partition coefficient (Wildman–Crippen LogP) is 5.72. The number of carbonyl (C=O) groups is 1. The first-order chi connectivity index (χ1) is 22.2. The molecule has 9 nitrogen and oxygen atoms in total. The van der Waals surface area contributed by atoms with Crippen LogP contribution in [0, 0.1) is 5.82 Å². The number of likely N-dealkylation sites (tertiary alicyclic amines) is 1. The minimum Gasteiger partial charge on any atom is -0.493 e. The van der Waals surface area contributed by atoms with Crippen molar-refractivity contribution >= 4 is 40.5 Å². The first kappa shape index (κ1) is 33.2. The summed E-state index contributed by atoms with van der Waals surface area (Å²) in [5.74, 6) is -0.790. The maximum atomic E-state index is 15.2. The summed E-state index contributed by atoms with van der Waals surface area (Å²) < 4.78 is 60.5. The molecular formula is C32H30Cl2F3N3O6. The summed E-state index contributed by atoms with van der Waals surface area (Å²) in [6, 6.07) is 11.5. The Labute approximate surface area is 271 Å². The van der Waals surface area contributed by atoms with Gasteiger partial charge in [-0.25, -0.2) is 18.0 Å². The average molecular weight is 681 g/mol. The fraction of sp³-hybridized carbons (Fsp3) is 0.344. The number of nitrogens with zero attached hydrogens (tertiary/aromatic N) is 3. The zero-order valence-electron chi connectivity index (χ0n) is 24.7. The Hall–Kier alpha value is -4.16. The van der Waals surface area contributed by atoms with Gasteiger partial charge in [0, 0.05) is 40.8 Å². The van der Waals surface area contributed by atoms with Crippen molar-refractivity contribution < 1.29 is 32.2 Å². The SMILES string of the molecule is COc1cc(Cn2c(=O)c3cc(OC(CF)CF)c(F)cc3n(C3CCN(C=O)CC3)c2=O)ccc1OCc1cc(Cl)ccc1Cl. The summed E-state index contributed by atoms with van der Waals surface area (Å²) in [5.41, 5.74) is -0.251. The van der Waals surface area contributed by atoms with Gasteiger partial charge in [0.15, 0.2) is 29.2 Å². The van der Waals surface area contributed by atoms with Gasteiger partial charge in [0.2, 0.25) is 6.41 Å². The maximum absolute atomic E-state index is 15.2. The van der Waals surface area contributed by atoms with Crippen LogP contribution in [0.25, 0.3) is 10.9 Å². The molecule has 2 heterocycles. The highest BCUT2D eigenvalue weighted by Gasteiger charge is 2.26. The van der Waals surface area contributed by atoms with E-state index in [9.17, 15) is 23.2 Å². The van der Waals surface area contributed by atoms with E-state index in [2.05, 4.69) is 0 Å². The number of hydrogen-bond donors (Lipinski definition) is 0. The predicted molar refractivity (Wildman–Crippen MR) is 168 cm³/mol. The fourth-order valence-corrected chi connectivity index (χ4v) is 5.78. The molecule has 14 heteroatoms. The molecule has 0 saturated carbocycles. The summed E-state index contributed by atoms with van der Waals surface area (Å²) >= 11 is 12.3. The molecule has 0 N–H and O–H groups in total. The first-order valence-electron chi connectivity index (χ1n) is 14.4. The van der Waals surface area contributed by atoms with E-state index in [-0.39, 0.29) is 24.1 Å². The molecular weight excluding hydrogens is 650 g/mol. The molecule has 0 aliphatic carbocycles. The lowest BCUT2D eigenvalue weighted by Crippen LogP contribution is -2.44. The minimum absolute atomic E-state index is 0.0127. The van der Waals surface area contributed by atoms with Gasteiger partial charge < -0.3 is 19.1 Å². The Kier molecular flexibility index (Phi) is 10.5. The van der Waals surface area contributed by atoms with Crippen LogP contribution in [0.5, 0.6) is 17.2 Å². The zero-order chi connectivity index (χ0) is 33.0. The molecule has 0 radical (unpaired) electrons. The highest BCUT2D eigenvalue weighted by Crippen LogP contribution is 2.32. The van der Waals surface area contributed by atoms with Gasteiger partial charge in [0.25, 0.3) is 5.56 Å². The lowest BCUT2D eigenvalue weighted by atomic mass is 10.0. The molecule has 0 atom stereocenters. The Morgan fingerprint density at radius 3 is 2.39 bits per heavy atom. The van der Waals surface area contributed by atoms with Crippen molar-refractivity contribution in [2.24, 2.45) is 0 Å². The molecule has 5 rings (SSSR count). The first-order valence-corrected chi connectivity index (χ1v) is 15.1. The van der Waals surface area contributed by atoms with Gasteiger partial charge in [0.05, 0.1) is 24.6 Å². The summed E-state index contributed by atoms with van der Waals surface area (Å²) in [6.07, 6.45) is -0.0733.